The first kappa shape index (κ1) is 19.9. The van der Waals surface area contributed by atoms with Crippen LogP contribution in [0.25, 0.3) is 0 Å². The van der Waals surface area contributed by atoms with Crippen LogP contribution in [0.2, 0.25) is 0 Å². The largest absolute Gasteiger partial charge is 0.494 e. The highest BCUT2D eigenvalue weighted by Crippen LogP contribution is 2.22. The zero-order valence-electron chi connectivity index (χ0n) is 16.1. The van der Waals surface area contributed by atoms with Gasteiger partial charge >= 0.3 is 0 Å². The second-order valence-electron chi connectivity index (χ2n) is 6.18. The third kappa shape index (κ3) is 5.60. The summed E-state index contributed by atoms with van der Waals surface area (Å²) in [5.74, 6) is 1.60. The molecule has 0 unspecified atom stereocenters. The molecule has 0 aliphatic carbocycles. The lowest BCUT2D eigenvalue weighted by Gasteiger charge is -2.15. The van der Waals surface area contributed by atoms with Crippen LogP contribution in [0, 0.1) is 0 Å². The molecule has 2 aromatic carbocycles. The molecule has 0 saturated heterocycles. The Bertz CT molecular complexity index is 861. The molecule has 2 N–H and O–H groups in total. The predicted octanol–water partition coefficient (Wildman–Crippen LogP) is 4.55. The average Bonchev–Trinajstić information content (AvgIpc) is 2.71. The number of hydrazone groups is 1. The number of hydrogen-bond acceptors (Lipinski definition) is 5. The van der Waals surface area contributed by atoms with Gasteiger partial charge in [-0.05, 0) is 55.3 Å². The molecule has 0 bridgehead atoms. The van der Waals surface area contributed by atoms with Crippen molar-refractivity contribution >= 4 is 39.9 Å². The molecule has 0 aromatic heterocycles. The van der Waals surface area contributed by atoms with Crippen molar-refractivity contribution in [3.63, 3.8) is 0 Å². The van der Waals surface area contributed by atoms with Crippen molar-refractivity contribution in [1.82, 2.24) is 5.43 Å². The normalized spacial score (nSPS) is 14.9. The van der Waals surface area contributed by atoms with Crippen molar-refractivity contribution in [2.45, 2.75) is 26.7 Å². The fraction of sp³-hybridized carbons (Fsp3) is 0.286. The molecule has 1 heterocycles. The lowest BCUT2D eigenvalue weighted by atomic mass is 10.1. The molecule has 1 aliphatic heterocycles. The minimum absolute atomic E-state index is 0.0395. The van der Waals surface area contributed by atoms with Crippen molar-refractivity contribution in [1.29, 1.82) is 0 Å². The Kier molecular flexibility index (Phi) is 7.08. The monoisotopic (exact) mass is 396 g/mol. The van der Waals surface area contributed by atoms with Crippen LogP contribution in [0.5, 0.6) is 5.75 Å². The van der Waals surface area contributed by atoms with Crippen LogP contribution in [0.3, 0.4) is 0 Å². The summed E-state index contributed by atoms with van der Waals surface area (Å²) in [6, 6.07) is 15.4. The van der Waals surface area contributed by atoms with Crippen LogP contribution in [0.15, 0.2) is 58.6 Å². The molecule has 1 aliphatic rings. The summed E-state index contributed by atoms with van der Waals surface area (Å²) < 4.78 is 5.44. The maximum absolute atomic E-state index is 11.7. The van der Waals surface area contributed by atoms with E-state index in [0.717, 1.165) is 45.7 Å². The van der Waals surface area contributed by atoms with Gasteiger partial charge in [-0.3, -0.25) is 10.2 Å². The van der Waals surface area contributed by atoms with Crippen LogP contribution >= 0.6 is 11.8 Å². The van der Waals surface area contributed by atoms with Crippen molar-refractivity contribution in [3.05, 3.63) is 54.1 Å². The Balaban J connectivity index is 1.60. The second kappa shape index (κ2) is 9.94. The fourth-order valence-corrected chi connectivity index (χ4v) is 3.40. The number of carbonyl (C=O) groups excluding carboxylic acids is 1. The van der Waals surface area contributed by atoms with Gasteiger partial charge in [0.25, 0.3) is 0 Å². The maximum Gasteiger partial charge on any atom is 0.224 e. The first-order chi connectivity index (χ1) is 13.7. The molecule has 0 fully saturated rings. The van der Waals surface area contributed by atoms with Gasteiger partial charge in [0.05, 0.1) is 18.0 Å². The Labute approximate surface area is 169 Å². The highest BCUT2D eigenvalue weighted by atomic mass is 32.2. The number of benzene rings is 2. The number of carbonyl (C=O) groups is 1. The molecule has 3 rings (SSSR count). The van der Waals surface area contributed by atoms with Crippen molar-refractivity contribution in [3.8, 4) is 5.75 Å². The Morgan fingerprint density at radius 1 is 1.18 bits per heavy atom. The van der Waals surface area contributed by atoms with E-state index in [1.165, 1.54) is 0 Å². The third-order valence-electron chi connectivity index (χ3n) is 3.99. The van der Waals surface area contributed by atoms with E-state index in [2.05, 4.69) is 20.8 Å². The number of rotatable bonds is 7. The number of amides is 1. The molecule has 7 heteroatoms. The summed E-state index contributed by atoms with van der Waals surface area (Å²) in [4.78, 5) is 16.2. The summed E-state index contributed by atoms with van der Waals surface area (Å²) in [6.45, 7) is 4.60. The van der Waals surface area contributed by atoms with Gasteiger partial charge in [0.1, 0.15) is 5.75 Å². The molecule has 0 radical (unpaired) electrons. The summed E-state index contributed by atoms with van der Waals surface area (Å²) in [5.41, 5.74) is 6.64. The SMILES string of the molecule is CCCC(=O)Nc1ccc(C2=NNC(=Nc3ccc(OCC)cc3)SC2)cc1. The number of aliphatic imine (C=N–C) groups is 1. The number of thioether (sulfide) groups is 1. The molecule has 6 nitrogen and oxygen atoms in total. The van der Waals surface area contributed by atoms with E-state index in [0.29, 0.717) is 13.0 Å². The van der Waals surface area contributed by atoms with Crippen LogP contribution < -0.4 is 15.5 Å². The first-order valence-electron chi connectivity index (χ1n) is 9.35. The lowest BCUT2D eigenvalue weighted by molar-refractivity contribution is -0.116. The van der Waals surface area contributed by atoms with Crippen LogP contribution in [0.4, 0.5) is 11.4 Å². The molecule has 0 atom stereocenters. The Morgan fingerprint density at radius 3 is 2.54 bits per heavy atom. The number of ether oxygens (including phenoxy) is 1. The van der Waals surface area contributed by atoms with E-state index >= 15 is 0 Å². The average molecular weight is 397 g/mol. The molecule has 0 saturated carbocycles. The quantitative estimate of drug-likeness (QED) is 0.720. The van der Waals surface area contributed by atoms with E-state index < -0.39 is 0 Å². The number of amidine groups is 1. The first-order valence-corrected chi connectivity index (χ1v) is 10.3. The molecule has 1 amide bonds. The highest BCUT2D eigenvalue weighted by molar-refractivity contribution is 8.14. The van der Waals surface area contributed by atoms with Gasteiger partial charge in [-0.1, -0.05) is 30.8 Å². The number of hydrogen-bond donors (Lipinski definition) is 2. The second-order valence-corrected chi connectivity index (χ2v) is 7.14. The smallest absolute Gasteiger partial charge is 0.224 e. The summed E-state index contributed by atoms with van der Waals surface area (Å²) in [5, 5.41) is 8.10. The van der Waals surface area contributed by atoms with Crippen LogP contribution in [-0.4, -0.2) is 29.1 Å². The predicted molar refractivity (Wildman–Crippen MR) is 117 cm³/mol. The highest BCUT2D eigenvalue weighted by Gasteiger charge is 2.13. The Morgan fingerprint density at radius 2 is 1.93 bits per heavy atom. The fourth-order valence-electron chi connectivity index (χ4n) is 2.62. The number of anilines is 1. The van der Waals surface area contributed by atoms with Gasteiger partial charge in [0.15, 0.2) is 5.17 Å². The molecular weight excluding hydrogens is 372 g/mol. The van der Waals surface area contributed by atoms with E-state index in [-0.39, 0.29) is 5.91 Å². The minimum Gasteiger partial charge on any atom is -0.494 e. The summed E-state index contributed by atoms with van der Waals surface area (Å²) in [7, 11) is 0. The zero-order valence-corrected chi connectivity index (χ0v) is 16.9. The molecule has 28 heavy (non-hydrogen) atoms. The van der Waals surface area contributed by atoms with Gasteiger partial charge in [-0.25, -0.2) is 4.99 Å². The van der Waals surface area contributed by atoms with Gasteiger partial charge in [-0.15, -0.1) is 0 Å². The zero-order chi connectivity index (χ0) is 19.8. The summed E-state index contributed by atoms with van der Waals surface area (Å²) >= 11 is 1.60. The van der Waals surface area contributed by atoms with E-state index in [9.17, 15) is 4.79 Å². The minimum atomic E-state index is 0.0395. The molecule has 2 aromatic rings. The topological polar surface area (TPSA) is 75.1 Å². The number of nitrogens with one attached hydrogen (secondary N) is 2. The Hall–Kier alpha value is -2.80. The van der Waals surface area contributed by atoms with Crippen molar-refractivity contribution in [2.75, 3.05) is 17.7 Å². The standard InChI is InChI=1S/C21H24N4O2S/c1-3-5-20(26)22-16-8-6-15(7-9-16)19-14-28-21(25-24-19)23-17-10-12-18(13-11-17)27-4-2/h6-13H,3-5,14H2,1-2H3,(H,22,26)(H,23,25). The molecule has 0 spiro atoms. The maximum atomic E-state index is 11.7. The molecule has 146 valence electrons. The lowest BCUT2D eigenvalue weighted by Crippen LogP contribution is -2.25. The number of nitrogens with zero attached hydrogens (tertiary/aromatic N) is 2. The van der Waals surface area contributed by atoms with Gasteiger partial charge in [0, 0.05) is 17.9 Å². The van der Waals surface area contributed by atoms with Gasteiger partial charge < -0.3 is 10.1 Å². The van der Waals surface area contributed by atoms with E-state index in [4.69, 9.17) is 4.74 Å². The summed E-state index contributed by atoms with van der Waals surface area (Å²) in [6.07, 6.45) is 1.37. The van der Waals surface area contributed by atoms with Crippen molar-refractivity contribution in [2.24, 2.45) is 10.1 Å². The van der Waals surface area contributed by atoms with E-state index in [1.807, 2.05) is 62.4 Å². The van der Waals surface area contributed by atoms with Gasteiger partial charge in [0.2, 0.25) is 5.91 Å². The molecular formula is C21H24N4O2S. The van der Waals surface area contributed by atoms with Crippen LogP contribution in [0.1, 0.15) is 32.3 Å². The van der Waals surface area contributed by atoms with Gasteiger partial charge in [-0.2, -0.15) is 5.10 Å². The van der Waals surface area contributed by atoms with E-state index in [1.54, 1.807) is 11.8 Å². The van der Waals surface area contributed by atoms with Crippen LogP contribution in [-0.2, 0) is 4.79 Å². The van der Waals surface area contributed by atoms with Crippen molar-refractivity contribution < 1.29 is 9.53 Å². The third-order valence-corrected chi connectivity index (χ3v) is 4.86.